The summed E-state index contributed by atoms with van der Waals surface area (Å²) in [5.74, 6) is 0. The quantitative estimate of drug-likeness (QED) is 0.598. The van der Waals surface area contributed by atoms with Crippen LogP contribution in [-0.4, -0.2) is 11.2 Å². The molecule has 0 aliphatic rings. The van der Waals surface area contributed by atoms with E-state index in [1.165, 1.54) is 0 Å². The van der Waals surface area contributed by atoms with Gasteiger partial charge in [0.15, 0.2) is 0 Å². The molecule has 0 bridgehead atoms. The van der Waals surface area contributed by atoms with Crippen LogP contribution in [0.25, 0.3) is 0 Å². The average Bonchev–Trinajstić information content (AvgIpc) is 1.61. The molecular formula is C5H11CuO. The fourth-order valence-corrected chi connectivity index (χ4v) is 0.549. The van der Waals surface area contributed by atoms with Crippen molar-refractivity contribution < 1.29 is 21.1 Å². The third-order valence-corrected chi connectivity index (χ3v) is 1.06. The summed E-state index contributed by atoms with van der Waals surface area (Å²) in [6.07, 6.45) is 1.63. The zero-order valence-electron chi connectivity index (χ0n) is 4.45. The zero-order chi connectivity index (χ0) is 5.70. The van der Waals surface area contributed by atoms with Crippen molar-refractivity contribution in [3.05, 3.63) is 0 Å². The summed E-state index contributed by atoms with van der Waals surface area (Å²) in [4.78, 5) is 0. The predicted octanol–water partition coefficient (Wildman–Crippen LogP) is 1.11. The maximum atomic E-state index is 8.63. The molecule has 48 valence electrons. The predicted molar refractivity (Wildman–Crippen MR) is 25.7 cm³/mol. The first-order valence-electron chi connectivity index (χ1n) is 2.46. The molecule has 0 rings (SSSR count). The molecule has 0 amide bonds. The molecule has 0 aromatic heterocycles. The zero-order valence-corrected chi connectivity index (χ0v) is 5.39. The van der Waals surface area contributed by atoms with Gasteiger partial charge in [0.05, 0.1) is 0 Å². The Labute approximate surface area is 52.9 Å². The molecule has 0 aromatic rings. The van der Waals surface area contributed by atoms with Crippen LogP contribution < -0.4 is 0 Å². The molecular weight excluding hydrogens is 140 g/mol. The first kappa shape index (κ1) is 7.48. The van der Waals surface area contributed by atoms with Gasteiger partial charge < -0.3 is 0 Å². The Hall–Kier alpha value is 0.479. The fraction of sp³-hybridized carbons (Fsp3) is 1.00. The molecule has 1 nitrogen and oxygen atoms in total. The summed E-state index contributed by atoms with van der Waals surface area (Å²) < 4.78 is 0. The standard InChI is InChI=1S/C5H11O.Cu/c1-3-4-5(2)6;/h5-6H,1,3-4H2,2H3;. The van der Waals surface area contributed by atoms with Crippen molar-refractivity contribution in [3.8, 4) is 0 Å². The van der Waals surface area contributed by atoms with E-state index < -0.39 is 0 Å². The topological polar surface area (TPSA) is 20.2 Å². The van der Waals surface area contributed by atoms with Crippen molar-refractivity contribution in [1.82, 2.24) is 0 Å². The molecule has 0 spiro atoms. The first-order valence-corrected chi connectivity index (χ1v) is 3.12. The van der Waals surface area contributed by atoms with Gasteiger partial charge in [-0.25, -0.2) is 0 Å². The second-order valence-corrected chi connectivity index (χ2v) is 2.11. The minimum atomic E-state index is -0.167. The van der Waals surface area contributed by atoms with Crippen molar-refractivity contribution in [1.29, 1.82) is 0 Å². The molecule has 0 saturated carbocycles. The van der Waals surface area contributed by atoms with E-state index in [1.807, 2.05) is 0 Å². The van der Waals surface area contributed by atoms with Gasteiger partial charge in [-0.1, -0.05) is 0 Å². The molecule has 0 saturated heterocycles. The maximum absolute atomic E-state index is 8.63. The average molecular weight is 151 g/mol. The molecule has 1 unspecified atom stereocenters. The molecule has 7 heavy (non-hydrogen) atoms. The number of hydrogen-bond acceptors (Lipinski definition) is 1. The van der Waals surface area contributed by atoms with Gasteiger partial charge in [-0.3, -0.25) is 0 Å². The van der Waals surface area contributed by atoms with E-state index in [0.717, 1.165) is 18.2 Å². The Bertz CT molecular complexity index is 37.1. The fourth-order valence-electron chi connectivity index (χ4n) is 0.357. The monoisotopic (exact) mass is 150 g/mol. The Morgan fingerprint density at radius 1 is 1.71 bits per heavy atom. The Balaban J connectivity index is 2.68. The second kappa shape index (κ2) is 4.63. The summed E-state index contributed by atoms with van der Waals surface area (Å²) in [6, 6.07) is 0. The first-order chi connectivity index (χ1) is 3.27. The molecule has 0 fully saturated rings. The van der Waals surface area contributed by atoms with Crippen LogP contribution in [0.15, 0.2) is 0 Å². The molecule has 0 aliphatic heterocycles. The van der Waals surface area contributed by atoms with Crippen molar-refractivity contribution >= 4 is 0 Å². The van der Waals surface area contributed by atoms with E-state index in [1.54, 1.807) is 6.92 Å². The van der Waals surface area contributed by atoms with Gasteiger partial charge in [0, 0.05) is 0 Å². The molecule has 0 heterocycles. The number of rotatable bonds is 3. The number of aliphatic hydroxyl groups excluding tert-OH is 1. The van der Waals surface area contributed by atoms with E-state index in [0.29, 0.717) is 0 Å². The van der Waals surface area contributed by atoms with Crippen LogP contribution in [0.4, 0.5) is 0 Å². The third-order valence-electron chi connectivity index (χ3n) is 0.728. The van der Waals surface area contributed by atoms with Crippen molar-refractivity contribution in [2.75, 3.05) is 0 Å². The molecule has 1 N–H and O–H groups in total. The van der Waals surface area contributed by atoms with Gasteiger partial charge in [0.1, 0.15) is 0 Å². The summed E-state index contributed by atoms with van der Waals surface area (Å²) in [5.41, 5.74) is 0. The normalized spacial score (nSPS) is 14.3. The van der Waals surface area contributed by atoms with Crippen LogP contribution in [0, 0.1) is 0 Å². The summed E-state index contributed by atoms with van der Waals surface area (Å²) in [6.45, 7) is 1.78. The van der Waals surface area contributed by atoms with Crippen LogP contribution in [0.3, 0.4) is 0 Å². The number of aliphatic hydroxyl groups is 1. The molecule has 0 aromatic carbocycles. The minimum absolute atomic E-state index is 0.167. The molecule has 0 aliphatic carbocycles. The Kier molecular flexibility index (Phi) is 4.95. The van der Waals surface area contributed by atoms with Gasteiger partial charge in [0.25, 0.3) is 0 Å². The van der Waals surface area contributed by atoms with Crippen LogP contribution >= 0.6 is 0 Å². The summed E-state index contributed by atoms with van der Waals surface area (Å²) in [7, 11) is 0. The SMILES string of the molecule is CC(O)CC[CH2][Cu]. The second-order valence-electron chi connectivity index (χ2n) is 1.64. The molecule has 2 heteroatoms. The van der Waals surface area contributed by atoms with Crippen LogP contribution in [0.2, 0.25) is 5.32 Å². The van der Waals surface area contributed by atoms with Crippen molar-refractivity contribution in [3.63, 3.8) is 0 Å². The Morgan fingerprint density at radius 3 is 2.43 bits per heavy atom. The summed E-state index contributed by atoms with van der Waals surface area (Å²) in [5, 5.41) is 9.38. The van der Waals surface area contributed by atoms with Gasteiger partial charge >= 0.3 is 52.3 Å². The van der Waals surface area contributed by atoms with Crippen molar-refractivity contribution in [2.24, 2.45) is 0 Å². The van der Waals surface area contributed by atoms with Gasteiger partial charge in [0.2, 0.25) is 0 Å². The van der Waals surface area contributed by atoms with Crippen molar-refractivity contribution in [2.45, 2.75) is 31.2 Å². The van der Waals surface area contributed by atoms with E-state index >= 15 is 0 Å². The molecule has 1 atom stereocenters. The summed E-state index contributed by atoms with van der Waals surface area (Å²) >= 11 is 4.79. The Morgan fingerprint density at radius 2 is 2.29 bits per heavy atom. The van der Waals surface area contributed by atoms with Gasteiger partial charge in [-0.15, -0.1) is 0 Å². The number of hydrogen-bond donors (Lipinski definition) is 1. The van der Waals surface area contributed by atoms with Crippen LogP contribution in [0.1, 0.15) is 19.8 Å². The van der Waals surface area contributed by atoms with E-state index in [4.69, 9.17) is 21.1 Å². The van der Waals surface area contributed by atoms with Crippen LogP contribution in [0.5, 0.6) is 0 Å². The van der Waals surface area contributed by atoms with Gasteiger partial charge in [-0.05, 0) is 0 Å². The third kappa shape index (κ3) is 6.48. The van der Waals surface area contributed by atoms with Gasteiger partial charge in [-0.2, -0.15) is 0 Å². The van der Waals surface area contributed by atoms with E-state index in [9.17, 15) is 0 Å². The van der Waals surface area contributed by atoms with E-state index in [-0.39, 0.29) is 6.10 Å². The van der Waals surface area contributed by atoms with Crippen LogP contribution in [-0.2, 0) is 16.0 Å². The van der Waals surface area contributed by atoms with E-state index in [2.05, 4.69) is 0 Å². The molecule has 0 radical (unpaired) electrons.